The van der Waals surface area contributed by atoms with Crippen molar-refractivity contribution in [1.82, 2.24) is 0 Å². The van der Waals surface area contributed by atoms with Crippen LogP contribution in [-0.2, 0) is 65.4 Å². The number of hydrogen-bond acceptors (Lipinski definition) is 15. The third kappa shape index (κ3) is 78.5. The predicted octanol–water partition coefficient (Wildman–Crippen LogP) is 24.6. The number of esters is 4. The fourth-order valence-corrected chi connectivity index (χ4v) is 12.1. The second-order valence-electron chi connectivity index (χ2n) is 26.9. The number of phosphoric acid groups is 2. The van der Waals surface area contributed by atoms with Crippen LogP contribution >= 0.6 is 15.6 Å². The Morgan fingerprint density at radius 1 is 0.269 bits per heavy atom. The second-order valence-corrected chi connectivity index (χ2v) is 29.8. The maximum Gasteiger partial charge on any atom is 0.472 e. The van der Waals surface area contributed by atoms with E-state index in [0.29, 0.717) is 38.5 Å². The number of aliphatic hydroxyl groups is 1. The monoisotopic (exact) mass is 1550 g/mol. The van der Waals surface area contributed by atoms with Crippen molar-refractivity contribution >= 4 is 39.5 Å². The molecule has 5 atom stereocenters. The molecule has 0 radical (unpaired) electrons. The molecule has 17 nitrogen and oxygen atoms in total. The summed E-state index contributed by atoms with van der Waals surface area (Å²) in [5.41, 5.74) is 0. The Morgan fingerprint density at radius 2 is 0.491 bits per heavy atom. The van der Waals surface area contributed by atoms with Gasteiger partial charge >= 0.3 is 39.5 Å². The lowest BCUT2D eigenvalue weighted by Crippen LogP contribution is -2.30. The Balaban J connectivity index is 5.49. The third-order valence-electron chi connectivity index (χ3n) is 16.7. The topological polar surface area (TPSA) is 237 Å². The quantitative estimate of drug-likeness (QED) is 0.0169. The first-order chi connectivity index (χ1) is 52.7. The van der Waals surface area contributed by atoms with E-state index in [0.717, 1.165) is 154 Å². The van der Waals surface area contributed by atoms with Gasteiger partial charge in [-0.2, -0.15) is 0 Å². The lowest BCUT2D eigenvalue weighted by Gasteiger charge is -2.21. The van der Waals surface area contributed by atoms with Gasteiger partial charge in [0.05, 0.1) is 26.4 Å². The van der Waals surface area contributed by atoms with Gasteiger partial charge in [0.25, 0.3) is 0 Å². The predicted molar refractivity (Wildman–Crippen MR) is 445 cm³/mol. The van der Waals surface area contributed by atoms with Crippen LogP contribution in [-0.4, -0.2) is 96.7 Å². The molecule has 19 heteroatoms. The minimum absolute atomic E-state index is 0.00637. The van der Waals surface area contributed by atoms with E-state index in [2.05, 4.69) is 174 Å². The van der Waals surface area contributed by atoms with Gasteiger partial charge in [-0.15, -0.1) is 0 Å². The van der Waals surface area contributed by atoms with E-state index in [-0.39, 0.29) is 25.7 Å². The SMILES string of the molecule is CC/C=C\C/C=C\C/C=C\C/C=C\C/C=C\CCCC(=O)OCC(COP(=O)(O)OCC(O)COP(=O)(O)OCC(COC(=O)CCCCCCCC/C=C\C/C=C\C/C=C\C/C=C\CC)OC(=O)CCC/C=C\C/C=C\C/C=C\C/C=C\C/C=C\CC)OC(=O)CCCCCCCCCCCCCCCCC. The van der Waals surface area contributed by atoms with E-state index in [1.54, 1.807) is 0 Å². The van der Waals surface area contributed by atoms with E-state index in [1.807, 2.05) is 24.3 Å². The summed E-state index contributed by atoms with van der Waals surface area (Å²) in [4.78, 5) is 73.1. The molecule has 0 spiro atoms. The van der Waals surface area contributed by atoms with Crippen LogP contribution in [0.4, 0.5) is 0 Å². The molecule has 5 unspecified atom stereocenters. The van der Waals surface area contributed by atoms with Gasteiger partial charge in [-0.1, -0.05) is 313 Å². The molecule has 108 heavy (non-hydrogen) atoms. The molecule has 0 saturated heterocycles. The molecule has 0 fully saturated rings. The summed E-state index contributed by atoms with van der Waals surface area (Å²) in [6.45, 7) is 4.40. The van der Waals surface area contributed by atoms with Gasteiger partial charge in [-0.3, -0.25) is 37.3 Å². The zero-order valence-electron chi connectivity index (χ0n) is 67.2. The van der Waals surface area contributed by atoms with E-state index >= 15 is 0 Å². The standard InChI is InChI=1S/C89H146O17P2/c1-5-9-13-17-21-25-29-33-37-40-41-44-47-50-54-58-62-66-70-74-87(92)100-80-85(106-89(94)76-72-68-64-60-56-52-48-43-39-35-31-27-23-19-15-11-7-3)82-104-108(97,98)102-78-83(90)77-101-107(95,96)103-81-84(105-88(93)75-71-67-63-59-55-51-45-36-32-28-24-20-16-12-8-4)79-99-86(91)73-69-65-61-57-53-49-46-42-38-34-30-26-22-18-14-10-6-2/h9-11,13-15,21-23,25-27,33-35,37-39,41,44,46,48-49,52,57,60-61,64,83-85,90H,5-8,12,16-20,24,28-32,36,40,42-43,45,47,50-51,53-56,58-59,62-63,65-82H2,1-4H3,(H,95,96)(H,97,98)/b13-9-,14-10-,15-11-,25-21-,26-22-,27-23-,37-33-,38-34-,39-35-,44-41-,49-46-,52-48-,61-57-,64-60-. The van der Waals surface area contributed by atoms with Crippen LogP contribution in [0, 0.1) is 0 Å². The zero-order valence-corrected chi connectivity index (χ0v) is 69.0. The molecule has 0 aromatic heterocycles. The van der Waals surface area contributed by atoms with Crippen molar-refractivity contribution < 1.29 is 80.2 Å². The lowest BCUT2D eigenvalue weighted by molar-refractivity contribution is -0.161. The fourth-order valence-electron chi connectivity index (χ4n) is 10.5. The van der Waals surface area contributed by atoms with E-state index in [1.165, 1.54) is 64.2 Å². The van der Waals surface area contributed by atoms with Crippen LogP contribution in [0.5, 0.6) is 0 Å². The summed E-state index contributed by atoms with van der Waals surface area (Å²) in [6, 6.07) is 0. The molecule has 0 aliphatic heterocycles. The van der Waals surface area contributed by atoms with E-state index < -0.39 is 97.5 Å². The number of aliphatic hydroxyl groups excluding tert-OH is 1. The van der Waals surface area contributed by atoms with Crippen molar-refractivity contribution in [2.24, 2.45) is 0 Å². The van der Waals surface area contributed by atoms with Crippen molar-refractivity contribution in [1.29, 1.82) is 0 Å². The largest absolute Gasteiger partial charge is 0.472 e. The highest BCUT2D eigenvalue weighted by Crippen LogP contribution is 2.45. The number of carbonyl (C=O) groups excluding carboxylic acids is 4. The molecule has 614 valence electrons. The van der Waals surface area contributed by atoms with Gasteiger partial charge < -0.3 is 33.8 Å². The minimum Gasteiger partial charge on any atom is -0.462 e. The first-order valence-corrected chi connectivity index (χ1v) is 44.4. The first kappa shape index (κ1) is 102. The Hall–Kier alpha value is -5.58. The summed E-state index contributed by atoms with van der Waals surface area (Å²) >= 11 is 0. The van der Waals surface area contributed by atoms with Crippen LogP contribution in [0.15, 0.2) is 170 Å². The van der Waals surface area contributed by atoms with Crippen LogP contribution in [0.25, 0.3) is 0 Å². The molecule has 0 rings (SSSR count). The number of phosphoric ester groups is 2. The summed E-state index contributed by atoms with van der Waals surface area (Å²) in [5.74, 6) is -2.33. The van der Waals surface area contributed by atoms with Crippen molar-refractivity contribution in [2.75, 3.05) is 39.6 Å². The second kappa shape index (κ2) is 79.5. The average molecular weight is 1550 g/mol. The molecule has 0 aromatic carbocycles. The van der Waals surface area contributed by atoms with Crippen LogP contribution in [0.1, 0.15) is 310 Å². The van der Waals surface area contributed by atoms with Crippen LogP contribution in [0.3, 0.4) is 0 Å². The normalized spacial score (nSPS) is 14.7. The summed E-state index contributed by atoms with van der Waals surface area (Å²) < 4.78 is 68.6. The smallest absolute Gasteiger partial charge is 0.462 e. The number of ether oxygens (including phenoxy) is 4. The average Bonchev–Trinajstić information content (AvgIpc) is 0.906. The van der Waals surface area contributed by atoms with Gasteiger partial charge in [0.2, 0.25) is 0 Å². The third-order valence-corrected chi connectivity index (χ3v) is 18.6. The Bertz CT molecular complexity index is 2710. The van der Waals surface area contributed by atoms with Crippen molar-refractivity contribution in [3.8, 4) is 0 Å². The summed E-state index contributed by atoms with van der Waals surface area (Å²) in [6.07, 6.45) is 94.8. The first-order valence-electron chi connectivity index (χ1n) is 41.4. The number of carbonyl (C=O) groups is 4. The lowest BCUT2D eigenvalue weighted by atomic mass is 10.0. The fraction of sp³-hybridized carbons (Fsp3) is 0.640. The Morgan fingerprint density at radius 3 is 0.787 bits per heavy atom. The number of unbranched alkanes of at least 4 members (excludes halogenated alkanes) is 22. The van der Waals surface area contributed by atoms with Gasteiger partial charge in [-0.25, -0.2) is 9.13 Å². The highest BCUT2D eigenvalue weighted by atomic mass is 31.2. The molecule has 0 amide bonds. The van der Waals surface area contributed by atoms with Gasteiger partial charge in [0.1, 0.15) is 19.3 Å². The van der Waals surface area contributed by atoms with Crippen LogP contribution in [0.2, 0.25) is 0 Å². The number of allylic oxidation sites excluding steroid dienone is 28. The van der Waals surface area contributed by atoms with Crippen molar-refractivity contribution in [3.63, 3.8) is 0 Å². The molecule has 0 aromatic rings. The molecule has 0 saturated carbocycles. The van der Waals surface area contributed by atoms with Crippen molar-refractivity contribution in [3.05, 3.63) is 170 Å². The van der Waals surface area contributed by atoms with E-state index in [4.69, 9.17) is 37.0 Å². The molecular weight excluding hydrogens is 1400 g/mol. The molecule has 0 aliphatic carbocycles. The summed E-state index contributed by atoms with van der Waals surface area (Å²) in [7, 11) is -10.0. The Labute approximate surface area is 654 Å². The summed E-state index contributed by atoms with van der Waals surface area (Å²) in [5, 5.41) is 10.7. The molecular formula is C89H146O17P2. The van der Waals surface area contributed by atoms with Gasteiger partial charge in [-0.05, 0) is 141 Å². The van der Waals surface area contributed by atoms with Gasteiger partial charge in [0.15, 0.2) is 12.2 Å². The molecule has 0 bridgehead atoms. The number of rotatable bonds is 76. The van der Waals surface area contributed by atoms with Crippen molar-refractivity contribution in [2.45, 2.75) is 329 Å². The minimum atomic E-state index is -5.01. The highest BCUT2D eigenvalue weighted by molar-refractivity contribution is 7.47. The maximum absolute atomic E-state index is 13.1. The van der Waals surface area contributed by atoms with Crippen LogP contribution < -0.4 is 0 Å². The number of hydrogen-bond donors (Lipinski definition) is 3. The zero-order chi connectivity index (χ0) is 78.9. The molecule has 3 N–H and O–H groups in total. The molecule has 0 aliphatic rings. The highest BCUT2D eigenvalue weighted by Gasteiger charge is 2.30. The Kier molecular flexibility index (Phi) is 75.4. The van der Waals surface area contributed by atoms with Gasteiger partial charge in [0, 0.05) is 25.7 Å². The molecule has 0 heterocycles. The maximum atomic E-state index is 13.1. The van der Waals surface area contributed by atoms with E-state index in [9.17, 15) is 43.2 Å².